The highest BCUT2D eigenvalue weighted by molar-refractivity contribution is 7.03. The molecule has 162 valence electrons. The summed E-state index contributed by atoms with van der Waals surface area (Å²) < 4.78 is 23.7. The van der Waals surface area contributed by atoms with Crippen LogP contribution < -0.4 is 5.32 Å². The molecule has 0 radical (unpaired) electrons. The van der Waals surface area contributed by atoms with Crippen molar-refractivity contribution in [1.29, 1.82) is 0 Å². The summed E-state index contributed by atoms with van der Waals surface area (Å²) >= 11 is 1.03. The number of carbonyl (C=O) groups excluding carboxylic acids is 2. The highest BCUT2D eigenvalue weighted by atomic mass is 32.1. The average Bonchev–Trinajstić information content (AvgIpc) is 3.50. The number of rotatable bonds is 7. The molecule has 0 unspecified atom stereocenters. The third-order valence-corrected chi connectivity index (χ3v) is 5.97. The smallest absolute Gasteiger partial charge is 0.276 e. The average molecular weight is 443 g/mol. The Labute approximate surface area is 183 Å². The molecule has 1 fully saturated rings. The molecule has 0 bridgehead atoms. The van der Waals surface area contributed by atoms with Crippen molar-refractivity contribution in [2.45, 2.75) is 50.7 Å². The summed E-state index contributed by atoms with van der Waals surface area (Å²) in [7, 11) is 0. The lowest BCUT2D eigenvalue weighted by Crippen LogP contribution is -2.47. The van der Waals surface area contributed by atoms with Crippen LogP contribution in [0, 0.1) is 5.82 Å². The van der Waals surface area contributed by atoms with Crippen molar-refractivity contribution in [3.05, 3.63) is 70.9 Å². The number of nitrogens with zero attached hydrogens (tertiary/aromatic N) is 3. The van der Waals surface area contributed by atoms with Crippen LogP contribution in [0.25, 0.3) is 0 Å². The fraction of sp³-hybridized carbons (Fsp3) is 0.364. The van der Waals surface area contributed by atoms with Crippen molar-refractivity contribution >= 4 is 23.3 Å². The maximum atomic E-state index is 14.4. The zero-order chi connectivity index (χ0) is 21.6. The monoisotopic (exact) mass is 442 g/mol. The number of hydrogen-bond acceptors (Lipinski definition) is 6. The normalized spacial score (nSPS) is 15.4. The molecule has 1 aliphatic carbocycles. The van der Waals surface area contributed by atoms with E-state index in [0.29, 0.717) is 11.3 Å². The van der Waals surface area contributed by atoms with Gasteiger partial charge in [-0.3, -0.25) is 9.59 Å². The van der Waals surface area contributed by atoms with Crippen molar-refractivity contribution in [1.82, 2.24) is 19.8 Å². The van der Waals surface area contributed by atoms with Crippen LogP contribution in [0.5, 0.6) is 0 Å². The number of halogens is 1. The molecule has 3 aromatic rings. The van der Waals surface area contributed by atoms with Gasteiger partial charge in [0.2, 0.25) is 0 Å². The first-order valence-electron chi connectivity index (χ1n) is 10.3. The Morgan fingerprint density at radius 3 is 2.68 bits per heavy atom. The first kappa shape index (κ1) is 21.2. The molecule has 1 N–H and O–H groups in total. The zero-order valence-electron chi connectivity index (χ0n) is 16.9. The molecule has 31 heavy (non-hydrogen) atoms. The Hall–Kier alpha value is -3.07. The summed E-state index contributed by atoms with van der Waals surface area (Å²) in [5, 5.41) is 8.44. The third kappa shape index (κ3) is 4.99. The Morgan fingerprint density at radius 1 is 1.19 bits per heavy atom. The SMILES string of the molecule is O=C(NC1CCCCC1)[C@H](c1ccco1)N(Cc1ccccc1F)C(=O)c1csnn1. The van der Waals surface area contributed by atoms with Crippen molar-refractivity contribution in [3.8, 4) is 0 Å². The zero-order valence-corrected chi connectivity index (χ0v) is 17.7. The summed E-state index contributed by atoms with van der Waals surface area (Å²) in [5.74, 6) is -1.02. The van der Waals surface area contributed by atoms with Gasteiger partial charge in [-0.25, -0.2) is 4.39 Å². The first-order valence-corrected chi connectivity index (χ1v) is 11.1. The predicted octanol–water partition coefficient (Wildman–Crippen LogP) is 4.10. The van der Waals surface area contributed by atoms with E-state index in [1.807, 2.05) is 0 Å². The van der Waals surface area contributed by atoms with E-state index in [1.165, 1.54) is 22.6 Å². The molecule has 0 saturated heterocycles. The quantitative estimate of drug-likeness (QED) is 0.595. The van der Waals surface area contributed by atoms with Gasteiger partial charge in [0.15, 0.2) is 11.7 Å². The lowest BCUT2D eigenvalue weighted by atomic mass is 9.95. The van der Waals surface area contributed by atoms with Gasteiger partial charge in [-0.05, 0) is 42.6 Å². The van der Waals surface area contributed by atoms with Crippen LogP contribution >= 0.6 is 11.5 Å². The van der Waals surface area contributed by atoms with E-state index in [2.05, 4.69) is 14.9 Å². The van der Waals surface area contributed by atoms with Gasteiger partial charge in [-0.15, -0.1) is 5.10 Å². The van der Waals surface area contributed by atoms with E-state index in [1.54, 1.807) is 30.3 Å². The lowest BCUT2D eigenvalue weighted by Gasteiger charge is -2.31. The van der Waals surface area contributed by atoms with Gasteiger partial charge < -0.3 is 14.6 Å². The van der Waals surface area contributed by atoms with E-state index in [4.69, 9.17) is 4.42 Å². The van der Waals surface area contributed by atoms with E-state index < -0.39 is 17.8 Å². The minimum atomic E-state index is -1.06. The van der Waals surface area contributed by atoms with Crippen molar-refractivity contribution in [3.63, 3.8) is 0 Å². The Morgan fingerprint density at radius 2 is 2.00 bits per heavy atom. The standard InChI is InChI=1S/C22H23FN4O3S/c23-17-10-5-4-7-15(17)13-27(22(29)18-14-31-26-25-18)20(19-11-6-12-30-19)21(28)24-16-8-2-1-3-9-16/h4-7,10-12,14,16,20H,1-3,8-9,13H2,(H,24,28)/t20-/m0/s1. The van der Waals surface area contributed by atoms with Gasteiger partial charge >= 0.3 is 0 Å². The van der Waals surface area contributed by atoms with Crippen LogP contribution in [0.2, 0.25) is 0 Å². The molecule has 1 aliphatic rings. The second-order valence-corrected chi connectivity index (χ2v) is 8.19. The van der Waals surface area contributed by atoms with Gasteiger partial charge in [0.05, 0.1) is 12.8 Å². The van der Waals surface area contributed by atoms with Crippen LogP contribution in [0.4, 0.5) is 4.39 Å². The minimum Gasteiger partial charge on any atom is -0.467 e. The predicted molar refractivity (Wildman–Crippen MR) is 113 cm³/mol. The summed E-state index contributed by atoms with van der Waals surface area (Å²) in [6.45, 7) is -0.119. The molecule has 9 heteroatoms. The number of aromatic nitrogens is 2. The summed E-state index contributed by atoms with van der Waals surface area (Å²) in [5.41, 5.74) is 0.393. The Kier molecular flexibility index (Phi) is 6.71. The van der Waals surface area contributed by atoms with E-state index in [9.17, 15) is 14.0 Å². The molecule has 2 heterocycles. The topological polar surface area (TPSA) is 88.3 Å². The maximum Gasteiger partial charge on any atom is 0.276 e. The van der Waals surface area contributed by atoms with Crippen molar-refractivity contribution in [2.75, 3.05) is 0 Å². The van der Waals surface area contributed by atoms with Crippen LogP contribution in [-0.2, 0) is 11.3 Å². The van der Waals surface area contributed by atoms with Crippen LogP contribution in [0.3, 0.4) is 0 Å². The molecule has 1 saturated carbocycles. The lowest BCUT2D eigenvalue weighted by molar-refractivity contribution is -0.127. The summed E-state index contributed by atoms with van der Waals surface area (Å²) in [6.07, 6.45) is 6.51. The minimum absolute atomic E-state index is 0.0464. The molecule has 7 nitrogen and oxygen atoms in total. The molecule has 0 aliphatic heterocycles. The largest absolute Gasteiger partial charge is 0.467 e. The fourth-order valence-electron chi connectivity index (χ4n) is 3.89. The van der Waals surface area contributed by atoms with Crippen LogP contribution in [-0.4, -0.2) is 32.3 Å². The van der Waals surface area contributed by atoms with Gasteiger partial charge in [0, 0.05) is 17.0 Å². The van der Waals surface area contributed by atoms with Crippen molar-refractivity contribution in [2.24, 2.45) is 0 Å². The number of amides is 2. The molecule has 4 rings (SSSR count). The summed E-state index contributed by atoms with van der Waals surface area (Å²) in [6, 6.07) is 8.47. The van der Waals surface area contributed by atoms with Gasteiger partial charge in [-0.1, -0.05) is 41.9 Å². The molecule has 2 amide bonds. The van der Waals surface area contributed by atoms with E-state index in [-0.39, 0.29) is 24.2 Å². The highest BCUT2D eigenvalue weighted by Gasteiger charge is 2.36. The van der Waals surface area contributed by atoms with Gasteiger partial charge in [0.25, 0.3) is 11.8 Å². The molecule has 1 aromatic carbocycles. The second kappa shape index (κ2) is 9.82. The maximum absolute atomic E-state index is 14.4. The molecule has 2 aromatic heterocycles. The highest BCUT2D eigenvalue weighted by Crippen LogP contribution is 2.28. The number of furan rings is 1. The fourth-order valence-corrected chi connectivity index (χ4v) is 4.32. The Bertz CT molecular complexity index is 1000. The molecule has 1 atom stereocenters. The van der Waals surface area contributed by atoms with E-state index >= 15 is 0 Å². The number of nitrogens with one attached hydrogen (secondary N) is 1. The molecular formula is C22H23FN4O3S. The second-order valence-electron chi connectivity index (χ2n) is 7.58. The number of benzene rings is 1. The number of hydrogen-bond donors (Lipinski definition) is 1. The molecular weight excluding hydrogens is 419 g/mol. The number of carbonyl (C=O) groups is 2. The van der Waals surface area contributed by atoms with Crippen molar-refractivity contribution < 1.29 is 18.4 Å². The van der Waals surface area contributed by atoms with Crippen LogP contribution in [0.15, 0.2) is 52.5 Å². The summed E-state index contributed by atoms with van der Waals surface area (Å²) in [4.78, 5) is 28.0. The van der Waals surface area contributed by atoms with Gasteiger partial charge in [0.1, 0.15) is 11.6 Å². The van der Waals surface area contributed by atoms with Gasteiger partial charge in [-0.2, -0.15) is 0 Å². The first-order chi connectivity index (χ1) is 15.1. The molecule has 0 spiro atoms. The Balaban J connectivity index is 1.69. The van der Waals surface area contributed by atoms with Crippen LogP contribution in [0.1, 0.15) is 60.0 Å². The van der Waals surface area contributed by atoms with E-state index in [0.717, 1.165) is 43.6 Å². The third-order valence-electron chi connectivity index (χ3n) is 5.46.